The fraction of sp³-hybridized carbons (Fsp3) is 0.300. The van der Waals surface area contributed by atoms with Crippen LogP contribution in [0.15, 0.2) is 26.7 Å². The van der Waals surface area contributed by atoms with Gasteiger partial charge in [-0.15, -0.1) is 11.3 Å². The van der Waals surface area contributed by atoms with Gasteiger partial charge < -0.3 is 10.3 Å². The number of hydrogen-bond acceptors (Lipinski definition) is 3. The molecule has 0 aliphatic heterocycles. The summed E-state index contributed by atoms with van der Waals surface area (Å²) in [6.07, 6.45) is 4.49. The minimum absolute atomic E-state index is 0.291. The highest BCUT2D eigenvalue weighted by molar-refractivity contribution is 9.13. The van der Waals surface area contributed by atoms with E-state index in [9.17, 15) is 0 Å². The molecule has 1 unspecified atom stereocenters. The average Bonchev–Trinajstić information content (AvgIpc) is 2.86. The van der Waals surface area contributed by atoms with Crippen LogP contribution in [0.4, 0.5) is 0 Å². The Morgan fingerprint density at radius 3 is 2.88 bits per heavy atom. The van der Waals surface area contributed by atoms with Crippen LogP contribution < -0.4 is 5.32 Å². The highest BCUT2D eigenvalue weighted by Crippen LogP contribution is 2.36. The van der Waals surface area contributed by atoms with Gasteiger partial charge in [-0.3, -0.25) is 0 Å². The summed E-state index contributed by atoms with van der Waals surface area (Å²) in [4.78, 5) is 8.66. The number of halogens is 2. The molecular weight excluding hydrogens is 354 g/mol. The van der Waals surface area contributed by atoms with Crippen LogP contribution in [-0.4, -0.2) is 17.0 Å². The molecule has 2 rings (SSSR count). The van der Waals surface area contributed by atoms with Crippen molar-refractivity contribution >= 4 is 43.2 Å². The van der Waals surface area contributed by atoms with Crippen molar-refractivity contribution in [2.24, 2.45) is 0 Å². The molecule has 3 nitrogen and oxygen atoms in total. The number of likely N-dealkylation sites (N-methyl/N-ethyl adjacent to an activating group) is 1. The molecule has 0 bridgehead atoms. The second-order valence-corrected chi connectivity index (χ2v) is 6.61. The quantitative estimate of drug-likeness (QED) is 0.871. The van der Waals surface area contributed by atoms with E-state index in [0.717, 1.165) is 20.5 Å². The standard InChI is InChI=1S/C10H11Br2N3S/c1-13-7(5-9-14-2-3-15-9)8-4-6(11)10(12)16-8/h2-4,7,13H,5H2,1H3,(H,14,15). The van der Waals surface area contributed by atoms with Crippen molar-refractivity contribution in [1.82, 2.24) is 15.3 Å². The number of imidazole rings is 1. The van der Waals surface area contributed by atoms with Gasteiger partial charge in [0.05, 0.1) is 3.79 Å². The summed E-state index contributed by atoms with van der Waals surface area (Å²) >= 11 is 8.75. The van der Waals surface area contributed by atoms with Crippen molar-refractivity contribution in [2.75, 3.05) is 7.05 Å². The molecule has 0 amide bonds. The molecule has 1 atom stereocenters. The van der Waals surface area contributed by atoms with Gasteiger partial charge in [-0.2, -0.15) is 0 Å². The summed E-state index contributed by atoms with van der Waals surface area (Å²) < 4.78 is 2.23. The smallest absolute Gasteiger partial charge is 0.107 e. The van der Waals surface area contributed by atoms with Gasteiger partial charge in [0, 0.05) is 34.2 Å². The lowest BCUT2D eigenvalue weighted by molar-refractivity contribution is 0.587. The van der Waals surface area contributed by atoms with Crippen LogP contribution >= 0.6 is 43.2 Å². The van der Waals surface area contributed by atoms with Gasteiger partial charge in [0.1, 0.15) is 5.82 Å². The molecule has 0 aromatic carbocycles. The van der Waals surface area contributed by atoms with Crippen molar-refractivity contribution < 1.29 is 0 Å². The predicted molar refractivity (Wildman–Crippen MR) is 73.8 cm³/mol. The van der Waals surface area contributed by atoms with Crippen LogP contribution in [0.25, 0.3) is 0 Å². The van der Waals surface area contributed by atoms with Gasteiger partial charge >= 0.3 is 0 Å². The zero-order valence-electron chi connectivity index (χ0n) is 8.63. The van der Waals surface area contributed by atoms with E-state index < -0.39 is 0 Å². The third kappa shape index (κ3) is 2.74. The molecule has 2 aromatic rings. The summed E-state index contributed by atoms with van der Waals surface area (Å²) in [5.74, 6) is 1.000. The Morgan fingerprint density at radius 1 is 1.56 bits per heavy atom. The van der Waals surface area contributed by atoms with Gasteiger partial charge in [-0.25, -0.2) is 4.98 Å². The summed E-state index contributed by atoms with van der Waals surface area (Å²) in [5.41, 5.74) is 0. The molecular formula is C10H11Br2N3S. The van der Waals surface area contributed by atoms with E-state index in [0.29, 0.717) is 6.04 Å². The fourth-order valence-electron chi connectivity index (χ4n) is 1.48. The molecule has 0 fully saturated rings. The number of aromatic amines is 1. The Bertz CT molecular complexity index is 433. The lowest BCUT2D eigenvalue weighted by atomic mass is 10.1. The summed E-state index contributed by atoms with van der Waals surface area (Å²) in [6, 6.07) is 2.43. The summed E-state index contributed by atoms with van der Waals surface area (Å²) in [6.45, 7) is 0. The highest BCUT2D eigenvalue weighted by atomic mass is 79.9. The largest absolute Gasteiger partial charge is 0.349 e. The molecule has 16 heavy (non-hydrogen) atoms. The number of rotatable bonds is 4. The maximum atomic E-state index is 4.24. The topological polar surface area (TPSA) is 40.7 Å². The van der Waals surface area contributed by atoms with Crippen LogP contribution in [0, 0.1) is 0 Å². The maximum Gasteiger partial charge on any atom is 0.107 e. The Hall–Kier alpha value is -0.170. The minimum Gasteiger partial charge on any atom is -0.349 e. The molecule has 0 aliphatic carbocycles. The molecule has 2 N–H and O–H groups in total. The third-order valence-corrected chi connectivity index (χ3v) is 5.68. The van der Waals surface area contributed by atoms with Gasteiger partial charge in [-0.1, -0.05) is 0 Å². The van der Waals surface area contributed by atoms with E-state index in [1.54, 1.807) is 17.5 Å². The average molecular weight is 365 g/mol. The molecule has 6 heteroatoms. The van der Waals surface area contributed by atoms with E-state index in [1.165, 1.54) is 4.88 Å². The monoisotopic (exact) mass is 363 g/mol. The number of nitrogens with one attached hydrogen (secondary N) is 2. The molecule has 0 saturated heterocycles. The van der Waals surface area contributed by atoms with E-state index in [1.807, 2.05) is 13.2 Å². The van der Waals surface area contributed by atoms with Crippen molar-refractivity contribution in [2.45, 2.75) is 12.5 Å². The van der Waals surface area contributed by atoms with Crippen LogP contribution in [0.5, 0.6) is 0 Å². The molecule has 86 valence electrons. The lowest BCUT2D eigenvalue weighted by Crippen LogP contribution is -2.18. The van der Waals surface area contributed by atoms with Crippen LogP contribution in [-0.2, 0) is 6.42 Å². The Morgan fingerprint density at radius 2 is 2.38 bits per heavy atom. The molecule has 2 aromatic heterocycles. The van der Waals surface area contributed by atoms with E-state index in [2.05, 4.69) is 53.2 Å². The second-order valence-electron chi connectivity index (χ2n) is 3.35. The number of hydrogen-bond donors (Lipinski definition) is 2. The molecule has 2 heterocycles. The van der Waals surface area contributed by atoms with Crippen molar-refractivity contribution in [3.05, 3.63) is 37.4 Å². The Balaban J connectivity index is 2.16. The first-order valence-electron chi connectivity index (χ1n) is 4.81. The van der Waals surface area contributed by atoms with E-state index >= 15 is 0 Å². The zero-order valence-corrected chi connectivity index (χ0v) is 12.6. The Labute approximate surface area is 115 Å². The van der Waals surface area contributed by atoms with Gasteiger partial charge in [0.25, 0.3) is 0 Å². The number of aromatic nitrogens is 2. The number of H-pyrrole nitrogens is 1. The van der Waals surface area contributed by atoms with Crippen LogP contribution in [0.2, 0.25) is 0 Å². The normalized spacial score (nSPS) is 12.9. The number of nitrogens with zero attached hydrogens (tertiary/aromatic N) is 1. The van der Waals surface area contributed by atoms with Gasteiger partial charge in [0.2, 0.25) is 0 Å². The van der Waals surface area contributed by atoms with E-state index in [4.69, 9.17) is 0 Å². The zero-order chi connectivity index (χ0) is 11.5. The summed E-state index contributed by atoms with van der Waals surface area (Å²) in [5, 5.41) is 3.31. The fourth-order valence-corrected chi connectivity index (χ4v) is 3.68. The summed E-state index contributed by atoms with van der Waals surface area (Å²) in [7, 11) is 1.97. The first-order chi connectivity index (χ1) is 7.70. The predicted octanol–water partition coefficient (Wildman–Crippen LogP) is 3.50. The van der Waals surface area contributed by atoms with Crippen LogP contribution in [0.1, 0.15) is 16.7 Å². The van der Waals surface area contributed by atoms with Crippen molar-refractivity contribution in [1.29, 1.82) is 0 Å². The van der Waals surface area contributed by atoms with Gasteiger partial charge in [0.15, 0.2) is 0 Å². The molecule has 0 radical (unpaired) electrons. The number of thiophene rings is 1. The van der Waals surface area contributed by atoms with Crippen molar-refractivity contribution in [3.8, 4) is 0 Å². The highest BCUT2D eigenvalue weighted by Gasteiger charge is 2.15. The van der Waals surface area contributed by atoms with Crippen LogP contribution in [0.3, 0.4) is 0 Å². The first-order valence-corrected chi connectivity index (χ1v) is 7.21. The molecule has 0 spiro atoms. The third-order valence-electron chi connectivity index (χ3n) is 2.31. The molecule has 0 aliphatic rings. The van der Waals surface area contributed by atoms with E-state index in [-0.39, 0.29) is 0 Å². The SMILES string of the molecule is CNC(Cc1ncc[nH]1)c1cc(Br)c(Br)s1. The maximum absolute atomic E-state index is 4.24. The van der Waals surface area contributed by atoms with Gasteiger partial charge in [-0.05, 0) is 45.0 Å². The van der Waals surface area contributed by atoms with Crippen molar-refractivity contribution in [3.63, 3.8) is 0 Å². The first kappa shape index (κ1) is 12.3. The molecule has 0 saturated carbocycles. The Kier molecular flexibility index (Phi) is 4.18. The second kappa shape index (κ2) is 5.44. The minimum atomic E-state index is 0.291. The lowest BCUT2D eigenvalue weighted by Gasteiger charge is -2.12.